The van der Waals surface area contributed by atoms with Gasteiger partial charge in [-0.15, -0.1) is 0 Å². The number of methoxy groups -OCH3 is 1. The number of aryl methyl sites for hydroxylation is 2. The summed E-state index contributed by atoms with van der Waals surface area (Å²) < 4.78 is 5.49. The standard InChI is InChI=1S/C17H27NO3/c1-6-13(4)18-15(10-16(19)20)9-14-8-11(2)7-12(3)17(14)21-5/h7-8,13,15,18H,6,9-10H2,1-5H3,(H,19,20). The minimum atomic E-state index is -0.779. The number of ether oxygens (including phenoxy) is 1. The Hall–Kier alpha value is -1.55. The first-order chi connectivity index (χ1) is 9.87. The van der Waals surface area contributed by atoms with E-state index in [0.717, 1.165) is 23.3 Å². The van der Waals surface area contributed by atoms with Gasteiger partial charge in [0, 0.05) is 12.1 Å². The van der Waals surface area contributed by atoms with E-state index in [4.69, 9.17) is 9.84 Å². The van der Waals surface area contributed by atoms with E-state index in [1.165, 1.54) is 5.56 Å². The van der Waals surface area contributed by atoms with Crippen LogP contribution in [0.5, 0.6) is 5.75 Å². The van der Waals surface area contributed by atoms with E-state index in [2.05, 4.69) is 31.3 Å². The molecule has 4 nitrogen and oxygen atoms in total. The fourth-order valence-corrected chi connectivity index (χ4v) is 2.67. The molecule has 0 radical (unpaired) electrons. The molecule has 2 atom stereocenters. The van der Waals surface area contributed by atoms with Crippen molar-refractivity contribution >= 4 is 5.97 Å². The highest BCUT2D eigenvalue weighted by molar-refractivity contribution is 5.67. The SMILES string of the molecule is CCC(C)NC(CC(=O)O)Cc1cc(C)cc(C)c1OC. The lowest BCUT2D eigenvalue weighted by Gasteiger charge is -2.23. The molecule has 0 aliphatic rings. The van der Waals surface area contributed by atoms with Gasteiger partial charge in [0.1, 0.15) is 5.75 Å². The molecular formula is C17H27NO3. The maximum absolute atomic E-state index is 11.1. The molecule has 0 saturated heterocycles. The van der Waals surface area contributed by atoms with E-state index in [0.29, 0.717) is 12.5 Å². The third-order valence-corrected chi connectivity index (χ3v) is 3.72. The number of rotatable bonds is 8. The second-order valence-corrected chi connectivity index (χ2v) is 5.75. The second kappa shape index (κ2) is 8.03. The zero-order chi connectivity index (χ0) is 16.0. The number of aliphatic carboxylic acids is 1. The van der Waals surface area contributed by atoms with Gasteiger partial charge in [-0.1, -0.05) is 24.6 Å². The van der Waals surface area contributed by atoms with Crippen LogP contribution in [-0.4, -0.2) is 30.3 Å². The molecule has 0 amide bonds. The van der Waals surface area contributed by atoms with Gasteiger partial charge in [0.25, 0.3) is 0 Å². The molecule has 4 heteroatoms. The van der Waals surface area contributed by atoms with Crippen molar-refractivity contribution in [2.45, 2.75) is 59.0 Å². The van der Waals surface area contributed by atoms with Crippen LogP contribution in [0, 0.1) is 13.8 Å². The minimum Gasteiger partial charge on any atom is -0.496 e. The van der Waals surface area contributed by atoms with E-state index in [1.54, 1.807) is 7.11 Å². The van der Waals surface area contributed by atoms with Crippen LogP contribution in [0.3, 0.4) is 0 Å². The molecule has 2 N–H and O–H groups in total. The fraction of sp³-hybridized carbons (Fsp3) is 0.588. The number of carboxylic acids is 1. The maximum atomic E-state index is 11.1. The third-order valence-electron chi connectivity index (χ3n) is 3.72. The quantitative estimate of drug-likeness (QED) is 0.773. The molecule has 0 aliphatic carbocycles. The molecule has 1 aromatic rings. The Kier molecular flexibility index (Phi) is 6.69. The number of carboxylic acid groups (broad SMARTS) is 1. The molecule has 1 aromatic carbocycles. The van der Waals surface area contributed by atoms with Crippen LogP contribution >= 0.6 is 0 Å². The van der Waals surface area contributed by atoms with Crippen molar-refractivity contribution in [1.82, 2.24) is 5.32 Å². The fourth-order valence-electron chi connectivity index (χ4n) is 2.67. The number of benzene rings is 1. The zero-order valence-corrected chi connectivity index (χ0v) is 13.7. The summed E-state index contributed by atoms with van der Waals surface area (Å²) in [7, 11) is 1.66. The van der Waals surface area contributed by atoms with Gasteiger partial charge in [-0.05, 0) is 44.7 Å². The maximum Gasteiger partial charge on any atom is 0.304 e. The van der Waals surface area contributed by atoms with Gasteiger partial charge >= 0.3 is 5.97 Å². The lowest BCUT2D eigenvalue weighted by atomic mass is 9.97. The van der Waals surface area contributed by atoms with Gasteiger partial charge in [0.2, 0.25) is 0 Å². The average Bonchev–Trinajstić information content (AvgIpc) is 2.37. The highest BCUT2D eigenvalue weighted by atomic mass is 16.5. The zero-order valence-electron chi connectivity index (χ0n) is 13.7. The molecule has 0 aromatic heterocycles. The van der Waals surface area contributed by atoms with Gasteiger partial charge in [0.15, 0.2) is 0 Å². The first kappa shape index (κ1) is 17.5. The first-order valence-corrected chi connectivity index (χ1v) is 7.49. The van der Waals surface area contributed by atoms with Crippen LogP contribution in [0.25, 0.3) is 0 Å². The number of nitrogens with one attached hydrogen (secondary N) is 1. The van der Waals surface area contributed by atoms with Crippen molar-refractivity contribution in [3.63, 3.8) is 0 Å². The lowest BCUT2D eigenvalue weighted by molar-refractivity contribution is -0.137. The molecule has 21 heavy (non-hydrogen) atoms. The van der Waals surface area contributed by atoms with Crippen molar-refractivity contribution in [2.24, 2.45) is 0 Å². The first-order valence-electron chi connectivity index (χ1n) is 7.49. The van der Waals surface area contributed by atoms with E-state index < -0.39 is 5.97 Å². The van der Waals surface area contributed by atoms with Crippen molar-refractivity contribution < 1.29 is 14.6 Å². The summed E-state index contributed by atoms with van der Waals surface area (Å²) in [5, 5.41) is 12.5. The van der Waals surface area contributed by atoms with Gasteiger partial charge in [-0.2, -0.15) is 0 Å². The summed E-state index contributed by atoms with van der Waals surface area (Å²) in [4.78, 5) is 11.1. The molecule has 0 heterocycles. The highest BCUT2D eigenvalue weighted by Crippen LogP contribution is 2.26. The van der Waals surface area contributed by atoms with E-state index in [9.17, 15) is 4.79 Å². The largest absolute Gasteiger partial charge is 0.496 e. The van der Waals surface area contributed by atoms with Crippen molar-refractivity contribution in [3.8, 4) is 5.75 Å². The van der Waals surface area contributed by atoms with Gasteiger partial charge in [0.05, 0.1) is 13.5 Å². The Balaban J connectivity index is 2.99. The van der Waals surface area contributed by atoms with E-state index in [1.807, 2.05) is 13.8 Å². The topological polar surface area (TPSA) is 58.6 Å². The molecule has 118 valence electrons. The Morgan fingerprint density at radius 3 is 2.57 bits per heavy atom. The van der Waals surface area contributed by atoms with Crippen LogP contribution in [0.4, 0.5) is 0 Å². The molecule has 1 rings (SSSR count). The molecular weight excluding hydrogens is 266 g/mol. The highest BCUT2D eigenvalue weighted by Gasteiger charge is 2.18. The van der Waals surface area contributed by atoms with Crippen LogP contribution in [0.1, 0.15) is 43.4 Å². The van der Waals surface area contributed by atoms with E-state index >= 15 is 0 Å². The monoisotopic (exact) mass is 293 g/mol. The summed E-state index contributed by atoms with van der Waals surface area (Å²) in [5.41, 5.74) is 3.32. The van der Waals surface area contributed by atoms with Crippen LogP contribution in [0.15, 0.2) is 12.1 Å². The number of hydrogen-bond acceptors (Lipinski definition) is 3. The predicted octanol–water partition coefficient (Wildman–Crippen LogP) is 3.09. The summed E-state index contributed by atoms with van der Waals surface area (Å²) >= 11 is 0. The van der Waals surface area contributed by atoms with Crippen LogP contribution in [0.2, 0.25) is 0 Å². The Labute approximate surface area is 127 Å². The molecule has 0 spiro atoms. The molecule has 0 aliphatic heterocycles. The van der Waals surface area contributed by atoms with E-state index in [-0.39, 0.29) is 12.5 Å². The molecule has 0 saturated carbocycles. The Bertz CT molecular complexity index is 485. The van der Waals surface area contributed by atoms with Crippen LogP contribution < -0.4 is 10.1 Å². The number of carbonyl (C=O) groups is 1. The van der Waals surface area contributed by atoms with Crippen molar-refractivity contribution in [1.29, 1.82) is 0 Å². The Morgan fingerprint density at radius 1 is 1.38 bits per heavy atom. The lowest BCUT2D eigenvalue weighted by Crippen LogP contribution is -2.39. The molecule has 0 fully saturated rings. The molecule has 0 bridgehead atoms. The minimum absolute atomic E-state index is 0.0902. The van der Waals surface area contributed by atoms with Crippen molar-refractivity contribution in [3.05, 3.63) is 28.8 Å². The van der Waals surface area contributed by atoms with Gasteiger partial charge < -0.3 is 15.2 Å². The van der Waals surface area contributed by atoms with Crippen molar-refractivity contribution in [2.75, 3.05) is 7.11 Å². The smallest absolute Gasteiger partial charge is 0.304 e. The Morgan fingerprint density at radius 2 is 2.05 bits per heavy atom. The number of hydrogen-bond donors (Lipinski definition) is 2. The summed E-state index contributed by atoms with van der Waals surface area (Å²) in [6, 6.07) is 4.37. The van der Waals surface area contributed by atoms with Gasteiger partial charge in [-0.3, -0.25) is 4.79 Å². The third kappa shape index (κ3) is 5.38. The van der Waals surface area contributed by atoms with Gasteiger partial charge in [-0.25, -0.2) is 0 Å². The summed E-state index contributed by atoms with van der Waals surface area (Å²) in [6.07, 6.45) is 1.74. The summed E-state index contributed by atoms with van der Waals surface area (Å²) in [6.45, 7) is 8.23. The second-order valence-electron chi connectivity index (χ2n) is 5.75. The molecule has 2 unspecified atom stereocenters. The summed E-state index contributed by atoms with van der Waals surface area (Å²) in [5.74, 6) is 0.0843. The van der Waals surface area contributed by atoms with Crippen LogP contribution in [-0.2, 0) is 11.2 Å². The predicted molar refractivity (Wildman–Crippen MR) is 85.1 cm³/mol. The average molecular weight is 293 g/mol. The normalized spacial score (nSPS) is 13.8.